The number of nitrogens with zero attached hydrogens (tertiary/aromatic N) is 2. The molecule has 1 saturated heterocycles. The molecule has 0 radical (unpaired) electrons. The quantitative estimate of drug-likeness (QED) is 0.766. The van der Waals surface area contributed by atoms with Crippen LogP contribution in [0.3, 0.4) is 0 Å². The molecule has 0 amide bonds. The molecule has 1 aliphatic rings. The molecule has 20 heavy (non-hydrogen) atoms. The van der Waals surface area contributed by atoms with Crippen molar-refractivity contribution in [1.82, 2.24) is 4.90 Å². The Balaban J connectivity index is 1.94. The first kappa shape index (κ1) is 15.0. The highest BCUT2D eigenvalue weighted by atomic mass is 16.5. The fourth-order valence-electron chi connectivity index (χ4n) is 2.45. The molecule has 110 valence electrons. The van der Waals surface area contributed by atoms with Gasteiger partial charge >= 0.3 is 0 Å². The van der Waals surface area contributed by atoms with E-state index in [2.05, 4.69) is 40.6 Å². The van der Waals surface area contributed by atoms with E-state index in [4.69, 9.17) is 9.84 Å². The molecule has 0 atom stereocenters. The Morgan fingerprint density at radius 3 is 2.55 bits per heavy atom. The molecular formula is C16H24N2O2. The number of hydrogen-bond acceptors (Lipinski definition) is 4. The van der Waals surface area contributed by atoms with Crippen LogP contribution in [-0.4, -0.2) is 56.0 Å². The van der Waals surface area contributed by atoms with Crippen molar-refractivity contribution in [2.24, 2.45) is 0 Å². The van der Waals surface area contributed by atoms with Gasteiger partial charge in [-0.1, -0.05) is 18.2 Å². The molecule has 0 bridgehead atoms. The molecule has 1 aromatic carbocycles. The Morgan fingerprint density at radius 2 is 1.95 bits per heavy atom. The SMILES string of the molecule is C=CCN(CCO)Cc1ccc(N2CCOCC2)cc1. The summed E-state index contributed by atoms with van der Waals surface area (Å²) in [5, 5.41) is 9.06. The maximum absolute atomic E-state index is 9.06. The first-order chi connectivity index (χ1) is 9.83. The lowest BCUT2D eigenvalue weighted by Crippen LogP contribution is -2.36. The van der Waals surface area contributed by atoms with Gasteiger partial charge in [0, 0.05) is 38.4 Å². The highest BCUT2D eigenvalue weighted by molar-refractivity contribution is 5.47. The summed E-state index contributed by atoms with van der Waals surface area (Å²) < 4.78 is 5.37. The van der Waals surface area contributed by atoms with Crippen molar-refractivity contribution in [3.63, 3.8) is 0 Å². The molecule has 0 aromatic heterocycles. The molecule has 0 unspecified atom stereocenters. The molecule has 1 aliphatic heterocycles. The summed E-state index contributed by atoms with van der Waals surface area (Å²) in [6.45, 7) is 9.81. The molecule has 0 aliphatic carbocycles. The topological polar surface area (TPSA) is 35.9 Å². The van der Waals surface area contributed by atoms with Gasteiger partial charge in [-0.25, -0.2) is 0 Å². The molecule has 4 nitrogen and oxygen atoms in total. The molecule has 1 N–H and O–H groups in total. The second-order valence-electron chi connectivity index (χ2n) is 5.01. The number of rotatable bonds is 7. The molecule has 2 rings (SSSR count). The lowest BCUT2D eigenvalue weighted by Gasteiger charge is -2.29. The van der Waals surface area contributed by atoms with E-state index in [1.165, 1.54) is 11.3 Å². The number of ether oxygens (including phenoxy) is 1. The maximum Gasteiger partial charge on any atom is 0.0642 e. The average molecular weight is 276 g/mol. The molecular weight excluding hydrogens is 252 g/mol. The van der Waals surface area contributed by atoms with Gasteiger partial charge in [0.2, 0.25) is 0 Å². The second kappa shape index (κ2) is 8.04. The number of benzene rings is 1. The van der Waals surface area contributed by atoms with Crippen LogP contribution in [0.2, 0.25) is 0 Å². The minimum Gasteiger partial charge on any atom is -0.395 e. The first-order valence-corrected chi connectivity index (χ1v) is 7.19. The van der Waals surface area contributed by atoms with Gasteiger partial charge in [0.15, 0.2) is 0 Å². The van der Waals surface area contributed by atoms with Crippen LogP contribution in [0.4, 0.5) is 5.69 Å². The minimum absolute atomic E-state index is 0.180. The average Bonchev–Trinajstić information content (AvgIpc) is 2.49. The fraction of sp³-hybridized carbons (Fsp3) is 0.500. The van der Waals surface area contributed by atoms with E-state index < -0.39 is 0 Å². The molecule has 0 saturated carbocycles. The fourth-order valence-corrected chi connectivity index (χ4v) is 2.45. The number of anilines is 1. The van der Waals surface area contributed by atoms with Gasteiger partial charge in [-0.15, -0.1) is 6.58 Å². The van der Waals surface area contributed by atoms with E-state index in [1.54, 1.807) is 0 Å². The third-order valence-corrected chi connectivity index (χ3v) is 3.52. The van der Waals surface area contributed by atoms with Crippen molar-refractivity contribution in [3.8, 4) is 0 Å². The first-order valence-electron chi connectivity index (χ1n) is 7.19. The maximum atomic E-state index is 9.06. The summed E-state index contributed by atoms with van der Waals surface area (Å²) in [7, 11) is 0. The van der Waals surface area contributed by atoms with Gasteiger partial charge in [-0.3, -0.25) is 4.90 Å². The van der Waals surface area contributed by atoms with Crippen LogP contribution >= 0.6 is 0 Å². The Morgan fingerprint density at radius 1 is 1.25 bits per heavy atom. The van der Waals surface area contributed by atoms with Crippen molar-refractivity contribution < 1.29 is 9.84 Å². The van der Waals surface area contributed by atoms with Crippen molar-refractivity contribution in [2.45, 2.75) is 6.54 Å². The van der Waals surface area contributed by atoms with E-state index in [0.29, 0.717) is 6.54 Å². The van der Waals surface area contributed by atoms with Crippen LogP contribution in [-0.2, 0) is 11.3 Å². The third kappa shape index (κ3) is 4.34. The summed E-state index contributed by atoms with van der Waals surface area (Å²) in [6, 6.07) is 8.67. The highest BCUT2D eigenvalue weighted by Crippen LogP contribution is 2.17. The van der Waals surface area contributed by atoms with E-state index >= 15 is 0 Å². The van der Waals surface area contributed by atoms with E-state index in [9.17, 15) is 0 Å². The largest absolute Gasteiger partial charge is 0.395 e. The number of hydrogen-bond donors (Lipinski definition) is 1. The predicted molar refractivity (Wildman–Crippen MR) is 82.0 cm³/mol. The van der Waals surface area contributed by atoms with Gasteiger partial charge in [0.05, 0.1) is 19.8 Å². The molecule has 1 heterocycles. The highest BCUT2D eigenvalue weighted by Gasteiger charge is 2.11. The van der Waals surface area contributed by atoms with Crippen LogP contribution in [0.1, 0.15) is 5.56 Å². The van der Waals surface area contributed by atoms with Crippen LogP contribution < -0.4 is 4.90 Å². The summed E-state index contributed by atoms with van der Waals surface area (Å²) >= 11 is 0. The van der Waals surface area contributed by atoms with Crippen molar-refractivity contribution in [2.75, 3.05) is 50.9 Å². The van der Waals surface area contributed by atoms with Crippen LogP contribution in [0.15, 0.2) is 36.9 Å². The van der Waals surface area contributed by atoms with Crippen LogP contribution in [0.25, 0.3) is 0 Å². The lowest BCUT2D eigenvalue weighted by atomic mass is 10.1. The van der Waals surface area contributed by atoms with Gasteiger partial charge in [0.1, 0.15) is 0 Å². The van der Waals surface area contributed by atoms with E-state index in [0.717, 1.165) is 39.4 Å². The van der Waals surface area contributed by atoms with Gasteiger partial charge in [-0.05, 0) is 17.7 Å². The van der Waals surface area contributed by atoms with Gasteiger partial charge < -0.3 is 14.7 Å². The Kier molecular flexibility index (Phi) is 6.05. The molecule has 0 spiro atoms. The standard InChI is InChI=1S/C16H24N2O2/c1-2-7-17(8-11-19)14-15-3-5-16(6-4-15)18-9-12-20-13-10-18/h2-6,19H,1,7-14H2. The van der Waals surface area contributed by atoms with Crippen molar-refractivity contribution in [1.29, 1.82) is 0 Å². The molecule has 1 aromatic rings. The zero-order chi connectivity index (χ0) is 14.2. The third-order valence-electron chi connectivity index (χ3n) is 3.52. The smallest absolute Gasteiger partial charge is 0.0642 e. The summed E-state index contributed by atoms with van der Waals surface area (Å²) in [5.41, 5.74) is 2.52. The van der Waals surface area contributed by atoms with Crippen LogP contribution in [0, 0.1) is 0 Å². The predicted octanol–water partition coefficient (Wildman–Crippen LogP) is 1.50. The van der Waals surface area contributed by atoms with Crippen molar-refractivity contribution >= 4 is 5.69 Å². The summed E-state index contributed by atoms with van der Waals surface area (Å²) in [5.74, 6) is 0. The second-order valence-corrected chi connectivity index (χ2v) is 5.01. The van der Waals surface area contributed by atoms with Crippen LogP contribution in [0.5, 0.6) is 0 Å². The Bertz CT molecular complexity index is 399. The van der Waals surface area contributed by atoms with Crippen molar-refractivity contribution in [3.05, 3.63) is 42.5 Å². The van der Waals surface area contributed by atoms with E-state index in [1.807, 2.05) is 6.08 Å². The summed E-state index contributed by atoms with van der Waals surface area (Å²) in [4.78, 5) is 4.53. The minimum atomic E-state index is 0.180. The molecule has 1 fully saturated rings. The Labute approximate surface area is 121 Å². The lowest BCUT2D eigenvalue weighted by molar-refractivity contribution is 0.122. The molecule has 4 heteroatoms. The summed E-state index contributed by atoms with van der Waals surface area (Å²) in [6.07, 6.45) is 1.87. The van der Waals surface area contributed by atoms with Gasteiger partial charge in [-0.2, -0.15) is 0 Å². The Hall–Kier alpha value is -1.36. The monoisotopic (exact) mass is 276 g/mol. The van der Waals surface area contributed by atoms with Gasteiger partial charge in [0.25, 0.3) is 0 Å². The zero-order valence-electron chi connectivity index (χ0n) is 12.0. The number of aliphatic hydroxyl groups excluding tert-OH is 1. The zero-order valence-corrected chi connectivity index (χ0v) is 12.0. The normalized spacial score (nSPS) is 15.6. The van der Waals surface area contributed by atoms with E-state index in [-0.39, 0.29) is 6.61 Å². The number of morpholine rings is 1. The number of aliphatic hydroxyl groups is 1.